The average Bonchev–Trinajstić information content (AvgIpc) is 2.93. The van der Waals surface area contributed by atoms with Crippen LogP contribution in [0.4, 0.5) is 4.39 Å². The van der Waals surface area contributed by atoms with Gasteiger partial charge in [0.15, 0.2) is 0 Å². The van der Waals surface area contributed by atoms with Crippen molar-refractivity contribution in [2.75, 3.05) is 20.3 Å². The molecule has 1 amide bonds. The van der Waals surface area contributed by atoms with Crippen molar-refractivity contribution in [1.82, 2.24) is 4.90 Å². The number of carbonyl (C=O) groups is 1. The Morgan fingerprint density at radius 3 is 2.82 bits per heavy atom. The summed E-state index contributed by atoms with van der Waals surface area (Å²) < 4.78 is 26.0. The first-order valence-electron chi connectivity index (χ1n) is 8.39. The standard InChI is InChI=1S/C20H17BrFNO3S2/c1-25-9-8-23-19(24)18(28-20(23)27)11-14-10-15(21)6-7-17(14)26-12-13-4-2-3-5-16(13)22/h2-7,10-11H,8-9,12H2,1H3. The first-order chi connectivity index (χ1) is 13.5. The molecule has 28 heavy (non-hydrogen) atoms. The van der Waals surface area contributed by atoms with E-state index in [0.717, 1.165) is 4.47 Å². The van der Waals surface area contributed by atoms with Gasteiger partial charge in [-0.15, -0.1) is 0 Å². The molecule has 0 radical (unpaired) electrons. The maximum Gasteiger partial charge on any atom is 0.266 e. The molecule has 1 fully saturated rings. The van der Waals surface area contributed by atoms with Crippen LogP contribution in [0.2, 0.25) is 0 Å². The summed E-state index contributed by atoms with van der Waals surface area (Å²) in [5.41, 5.74) is 1.17. The van der Waals surface area contributed by atoms with E-state index >= 15 is 0 Å². The Morgan fingerprint density at radius 1 is 1.29 bits per heavy atom. The Labute approximate surface area is 180 Å². The van der Waals surface area contributed by atoms with E-state index in [1.54, 1.807) is 37.5 Å². The molecule has 0 aliphatic carbocycles. The molecule has 2 aromatic carbocycles. The van der Waals surface area contributed by atoms with Gasteiger partial charge in [0.1, 0.15) is 22.5 Å². The molecule has 0 aromatic heterocycles. The zero-order valence-corrected chi connectivity index (χ0v) is 18.2. The van der Waals surface area contributed by atoms with Gasteiger partial charge in [-0.05, 0) is 30.3 Å². The maximum absolute atomic E-state index is 13.8. The van der Waals surface area contributed by atoms with Gasteiger partial charge in [-0.3, -0.25) is 9.69 Å². The normalized spacial score (nSPS) is 15.5. The minimum atomic E-state index is -0.319. The van der Waals surface area contributed by atoms with Crippen LogP contribution in [0.3, 0.4) is 0 Å². The molecule has 0 atom stereocenters. The molecule has 0 saturated carbocycles. The number of hydrogen-bond donors (Lipinski definition) is 0. The van der Waals surface area contributed by atoms with Gasteiger partial charge in [0.2, 0.25) is 0 Å². The Bertz CT molecular complexity index is 935. The fourth-order valence-corrected chi connectivity index (χ4v) is 4.23. The number of benzene rings is 2. The van der Waals surface area contributed by atoms with E-state index in [4.69, 9.17) is 21.7 Å². The summed E-state index contributed by atoms with van der Waals surface area (Å²) in [5.74, 6) is 0.0702. The second kappa shape index (κ2) is 9.65. The van der Waals surface area contributed by atoms with Gasteiger partial charge in [0, 0.05) is 22.7 Å². The molecule has 1 saturated heterocycles. The Morgan fingerprint density at radius 2 is 2.07 bits per heavy atom. The third kappa shape index (κ3) is 5.00. The molecule has 1 heterocycles. The van der Waals surface area contributed by atoms with Crippen molar-refractivity contribution in [1.29, 1.82) is 0 Å². The molecule has 146 valence electrons. The topological polar surface area (TPSA) is 38.8 Å². The van der Waals surface area contributed by atoms with E-state index in [-0.39, 0.29) is 18.3 Å². The molecule has 0 bridgehead atoms. The quantitative estimate of drug-likeness (QED) is 0.410. The van der Waals surface area contributed by atoms with Crippen LogP contribution in [0.5, 0.6) is 5.75 Å². The van der Waals surface area contributed by atoms with Crippen molar-refractivity contribution in [3.05, 3.63) is 68.8 Å². The van der Waals surface area contributed by atoms with Crippen LogP contribution in [-0.2, 0) is 16.1 Å². The van der Waals surface area contributed by atoms with Crippen molar-refractivity contribution < 1.29 is 18.7 Å². The molecule has 0 spiro atoms. The molecular formula is C20H17BrFNO3S2. The molecule has 3 rings (SSSR count). The van der Waals surface area contributed by atoms with Crippen molar-refractivity contribution in [2.24, 2.45) is 0 Å². The van der Waals surface area contributed by atoms with Gasteiger partial charge in [0.05, 0.1) is 18.1 Å². The molecule has 8 heteroatoms. The Hall–Kier alpha value is -1.74. The third-order valence-electron chi connectivity index (χ3n) is 3.99. The summed E-state index contributed by atoms with van der Waals surface area (Å²) in [6.45, 7) is 0.908. The number of thioether (sulfide) groups is 1. The number of rotatable bonds is 7. The minimum Gasteiger partial charge on any atom is -0.488 e. The lowest BCUT2D eigenvalue weighted by Gasteiger charge is -2.13. The summed E-state index contributed by atoms with van der Waals surface area (Å²) in [6.07, 6.45) is 1.74. The Balaban J connectivity index is 1.83. The van der Waals surface area contributed by atoms with Crippen molar-refractivity contribution in [3.8, 4) is 5.75 Å². The average molecular weight is 482 g/mol. The van der Waals surface area contributed by atoms with Crippen LogP contribution < -0.4 is 4.74 Å². The van der Waals surface area contributed by atoms with Gasteiger partial charge in [-0.1, -0.05) is 58.1 Å². The number of methoxy groups -OCH3 is 1. The first-order valence-corrected chi connectivity index (χ1v) is 10.4. The first kappa shape index (κ1) is 21.0. The lowest BCUT2D eigenvalue weighted by molar-refractivity contribution is -0.122. The number of halogens is 2. The summed E-state index contributed by atoms with van der Waals surface area (Å²) in [5, 5.41) is 0. The highest BCUT2D eigenvalue weighted by Gasteiger charge is 2.31. The van der Waals surface area contributed by atoms with E-state index < -0.39 is 0 Å². The highest BCUT2D eigenvalue weighted by molar-refractivity contribution is 9.10. The highest BCUT2D eigenvalue weighted by Crippen LogP contribution is 2.35. The molecular weight excluding hydrogens is 465 g/mol. The van der Waals surface area contributed by atoms with Crippen molar-refractivity contribution >= 4 is 56.2 Å². The molecule has 4 nitrogen and oxygen atoms in total. The Kier molecular flexibility index (Phi) is 7.23. The lowest BCUT2D eigenvalue weighted by atomic mass is 10.1. The number of nitrogens with zero attached hydrogens (tertiary/aromatic N) is 1. The second-order valence-corrected chi connectivity index (χ2v) is 8.48. The number of hydrogen-bond acceptors (Lipinski definition) is 5. The van der Waals surface area contributed by atoms with Crippen molar-refractivity contribution in [2.45, 2.75) is 6.61 Å². The number of ether oxygens (including phenoxy) is 2. The SMILES string of the molecule is COCCN1C(=O)C(=Cc2cc(Br)ccc2OCc2ccccc2F)SC1=S. The minimum absolute atomic E-state index is 0.0872. The van der Waals surface area contributed by atoms with Crippen LogP contribution >= 0.6 is 39.9 Å². The van der Waals surface area contributed by atoms with Crippen LogP contribution in [0.1, 0.15) is 11.1 Å². The summed E-state index contributed by atoms with van der Waals surface area (Å²) in [4.78, 5) is 14.7. The van der Waals surface area contributed by atoms with E-state index in [1.165, 1.54) is 22.7 Å². The van der Waals surface area contributed by atoms with Gasteiger partial charge >= 0.3 is 0 Å². The second-order valence-electron chi connectivity index (χ2n) is 5.89. The predicted molar refractivity (Wildman–Crippen MR) is 117 cm³/mol. The van der Waals surface area contributed by atoms with Gasteiger partial charge < -0.3 is 9.47 Å². The van der Waals surface area contributed by atoms with Crippen molar-refractivity contribution in [3.63, 3.8) is 0 Å². The van der Waals surface area contributed by atoms with Gasteiger partial charge in [0.25, 0.3) is 5.91 Å². The summed E-state index contributed by atoms with van der Waals surface area (Å²) in [7, 11) is 1.58. The number of thiocarbonyl (C=S) groups is 1. The van der Waals surface area contributed by atoms with Crippen LogP contribution in [0, 0.1) is 5.82 Å². The molecule has 1 aliphatic heterocycles. The fraction of sp³-hybridized carbons (Fsp3) is 0.200. The smallest absolute Gasteiger partial charge is 0.266 e. The molecule has 0 N–H and O–H groups in total. The lowest BCUT2D eigenvalue weighted by Crippen LogP contribution is -2.31. The van der Waals surface area contributed by atoms with Gasteiger partial charge in [-0.2, -0.15) is 0 Å². The van der Waals surface area contributed by atoms with Gasteiger partial charge in [-0.25, -0.2) is 4.39 Å². The van der Waals surface area contributed by atoms with E-state index in [2.05, 4.69) is 15.9 Å². The zero-order chi connectivity index (χ0) is 20.1. The van der Waals surface area contributed by atoms with E-state index in [0.29, 0.717) is 39.3 Å². The third-order valence-corrected chi connectivity index (χ3v) is 5.86. The maximum atomic E-state index is 13.8. The summed E-state index contributed by atoms with van der Waals surface area (Å²) >= 11 is 9.98. The molecule has 2 aromatic rings. The van der Waals surface area contributed by atoms with Crippen LogP contribution in [-0.4, -0.2) is 35.4 Å². The van der Waals surface area contributed by atoms with E-state index in [9.17, 15) is 9.18 Å². The molecule has 1 aliphatic rings. The zero-order valence-electron chi connectivity index (χ0n) is 15.0. The summed E-state index contributed by atoms with van der Waals surface area (Å²) in [6, 6.07) is 11.9. The van der Waals surface area contributed by atoms with E-state index in [1.807, 2.05) is 12.1 Å². The predicted octanol–water partition coefficient (Wildman–Crippen LogP) is 5.01. The van der Waals surface area contributed by atoms with Crippen LogP contribution in [0.25, 0.3) is 6.08 Å². The number of carbonyl (C=O) groups excluding carboxylic acids is 1. The largest absolute Gasteiger partial charge is 0.488 e. The molecule has 0 unspecified atom stereocenters. The monoisotopic (exact) mass is 481 g/mol. The van der Waals surface area contributed by atoms with Crippen LogP contribution in [0.15, 0.2) is 51.8 Å². The highest BCUT2D eigenvalue weighted by atomic mass is 79.9. The fourth-order valence-electron chi connectivity index (χ4n) is 2.55. The number of amides is 1.